The molecule has 0 fully saturated rings. The van der Waals surface area contributed by atoms with Crippen LogP contribution in [0, 0.1) is 5.82 Å². The first kappa shape index (κ1) is 15.9. The maximum atomic E-state index is 13.0. The molecule has 7 heteroatoms. The molecule has 0 heterocycles. The van der Waals surface area contributed by atoms with Gasteiger partial charge in [-0.3, -0.25) is 0 Å². The maximum absolute atomic E-state index is 13.0. The van der Waals surface area contributed by atoms with Crippen molar-refractivity contribution >= 4 is 31.6 Å². The highest BCUT2D eigenvalue weighted by molar-refractivity contribution is 9.10. The van der Waals surface area contributed by atoms with E-state index in [-0.39, 0.29) is 17.1 Å². The van der Waals surface area contributed by atoms with E-state index in [1.54, 1.807) is 0 Å². The number of hydrogen-bond donors (Lipinski definition) is 1. The first-order chi connectivity index (χ1) is 9.80. The van der Waals surface area contributed by atoms with Gasteiger partial charge in [-0.2, -0.15) is 4.31 Å². The molecule has 0 unspecified atom stereocenters. The third kappa shape index (κ3) is 3.61. The summed E-state index contributed by atoms with van der Waals surface area (Å²) in [5, 5.41) is 0. The molecule has 2 rings (SSSR count). The zero-order chi connectivity index (χ0) is 15.6. The molecule has 21 heavy (non-hydrogen) atoms. The number of benzene rings is 2. The molecule has 0 bridgehead atoms. The Balaban J connectivity index is 2.30. The summed E-state index contributed by atoms with van der Waals surface area (Å²) in [6.07, 6.45) is 0. The number of nitrogens with zero attached hydrogens (tertiary/aromatic N) is 1. The van der Waals surface area contributed by atoms with Gasteiger partial charge in [-0.05, 0) is 35.9 Å². The smallest absolute Gasteiger partial charge is 0.245 e. The van der Waals surface area contributed by atoms with Crippen LogP contribution in [0.25, 0.3) is 0 Å². The Bertz CT molecular complexity index is 765. The highest BCUT2D eigenvalue weighted by Crippen LogP contribution is 2.24. The van der Waals surface area contributed by atoms with Gasteiger partial charge in [0.15, 0.2) is 0 Å². The minimum Gasteiger partial charge on any atom is -0.398 e. The molecule has 0 aromatic heterocycles. The lowest BCUT2D eigenvalue weighted by Gasteiger charge is -2.18. The fraction of sp³-hybridized carbons (Fsp3) is 0.143. The number of sulfonamides is 1. The molecule has 0 aliphatic rings. The number of nitrogen functional groups attached to an aromatic ring is 1. The SMILES string of the molecule is CN(Cc1cccc(Br)c1)S(=O)(=O)c1ccc(F)cc1N. The molecule has 2 aromatic rings. The molecule has 0 saturated carbocycles. The van der Waals surface area contributed by atoms with E-state index in [2.05, 4.69) is 15.9 Å². The van der Waals surface area contributed by atoms with Crippen LogP contribution in [-0.2, 0) is 16.6 Å². The van der Waals surface area contributed by atoms with Crippen LogP contribution < -0.4 is 5.73 Å². The monoisotopic (exact) mass is 372 g/mol. The molecule has 0 saturated heterocycles. The van der Waals surface area contributed by atoms with Crippen molar-refractivity contribution in [3.63, 3.8) is 0 Å². The molecule has 4 nitrogen and oxygen atoms in total. The van der Waals surface area contributed by atoms with Gasteiger partial charge >= 0.3 is 0 Å². The highest BCUT2D eigenvalue weighted by Gasteiger charge is 2.23. The van der Waals surface area contributed by atoms with Gasteiger partial charge in [0.2, 0.25) is 10.0 Å². The van der Waals surface area contributed by atoms with Crippen molar-refractivity contribution in [3.8, 4) is 0 Å². The molecule has 0 amide bonds. The Labute approximate surface area is 131 Å². The summed E-state index contributed by atoms with van der Waals surface area (Å²) in [4.78, 5) is -0.0959. The predicted octanol–water partition coefficient (Wildman–Crippen LogP) is 2.99. The topological polar surface area (TPSA) is 63.4 Å². The number of rotatable bonds is 4. The Morgan fingerprint density at radius 3 is 2.57 bits per heavy atom. The summed E-state index contributed by atoms with van der Waals surface area (Å²) in [5.74, 6) is -0.568. The number of nitrogens with two attached hydrogens (primary N) is 1. The molecule has 2 aromatic carbocycles. The second-order valence-electron chi connectivity index (χ2n) is 4.57. The molecule has 2 N–H and O–H groups in total. The molecule has 0 radical (unpaired) electrons. The average Bonchev–Trinajstić information content (AvgIpc) is 2.38. The quantitative estimate of drug-likeness (QED) is 0.839. The van der Waals surface area contributed by atoms with Gasteiger partial charge in [0.05, 0.1) is 5.69 Å². The van der Waals surface area contributed by atoms with Crippen molar-refractivity contribution < 1.29 is 12.8 Å². The van der Waals surface area contributed by atoms with Gasteiger partial charge in [-0.1, -0.05) is 28.1 Å². The van der Waals surface area contributed by atoms with Crippen molar-refractivity contribution in [2.45, 2.75) is 11.4 Å². The zero-order valence-electron chi connectivity index (χ0n) is 11.3. The molecule has 112 valence electrons. The van der Waals surface area contributed by atoms with E-state index < -0.39 is 15.8 Å². The van der Waals surface area contributed by atoms with Crippen molar-refractivity contribution in [2.75, 3.05) is 12.8 Å². The second-order valence-corrected chi connectivity index (χ2v) is 7.50. The van der Waals surface area contributed by atoms with E-state index in [0.717, 1.165) is 22.2 Å². The van der Waals surface area contributed by atoms with Gasteiger partial charge in [-0.25, -0.2) is 12.8 Å². The van der Waals surface area contributed by atoms with Gasteiger partial charge in [0.1, 0.15) is 10.7 Å². The lowest BCUT2D eigenvalue weighted by molar-refractivity contribution is 0.467. The summed E-state index contributed by atoms with van der Waals surface area (Å²) in [7, 11) is -2.31. The lowest BCUT2D eigenvalue weighted by Crippen LogP contribution is -2.27. The lowest BCUT2D eigenvalue weighted by atomic mass is 10.2. The summed E-state index contributed by atoms with van der Waals surface area (Å²) in [6.45, 7) is 0.193. The van der Waals surface area contributed by atoms with E-state index in [1.807, 2.05) is 24.3 Å². The van der Waals surface area contributed by atoms with Gasteiger partial charge in [-0.15, -0.1) is 0 Å². The van der Waals surface area contributed by atoms with Crippen LogP contribution >= 0.6 is 15.9 Å². The summed E-state index contributed by atoms with van der Waals surface area (Å²) < 4.78 is 40.0. The summed E-state index contributed by atoms with van der Waals surface area (Å²) >= 11 is 3.34. The molecule has 0 spiro atoms. The molecular weight excluding hydrogens is 359 g/mol. The van der Waals surface area contributed by atoms with Crippen molar-refractivity contribution in [1.82, 2.24) is 4.31 Å². The van der Waals surface area contributed by atoms with E-state index in [0.29, 0.717) is 0 Å². The predicted molar refractivity (Wildman–Crippen MR) is 83.6 cm³/mol. The molecular formula is C14H14BrFN2O2S. The average molecular weight is 373 g/mol. The Hall–Kier alpha value is -1.44. The fourth-order valence-corrected chi connectivity index (χ4v) is 3.60. The number of halogens is 2. The van der Waals surface area contributed by atoms with Crippen LogP contribution in [-0.4, -0.2) is 19.8 Å². The number of hydrogen-bond acceptors (Lipinski definition) is 3. The first-order valence-corrected chi connectivity index (χ1v) is 8.30. The standard InChI is InChI=1S/C14H14BrFN2O2S/c1-18(9-10-3-2-4-11(15)7-10)21(19,20)14-6-5-12(16)8-13(14)17/h2-8H,9,17H2,1H3. The van der Waals surface area contributed by atoms with E-state index in [9.17, 15) is 12.8 Å². The molecule has 0 atom stereocenters. The Kier molecular flexibility index (Phi) is 4.65. The summed E-state index contributed by atoms with van der Waals surface area (Å²) in [5.41, 5.74) is 6.34. The van der Waals surface area contributed by atoms with Crippen LogP contribution in [0.4, 0.5) is 10.1 Å². The van der Waals surface area contributed by atoms with Crippen LogP contribution in [0.1, 0.15) is 5.56 Å². The Morgan fingerprint density at radius 2 is 1.95 bits per heavy atom. The largest absolute Gasteiger partial charge is 0.398 e. The van der Waals surface area contributed by atoms with E-state index in [4.69, 9.17) is 5.73 Å². The van der Waals surface area contributed by atoms with Crippen molar-refractivity contribution in [1.29, 1.82) is 0 Å². The highest BCUT2D eigenvalue weighted by atomic mass is 79.9. The van der Waals surface area contributed by atoms with Gasteiger partial charge in [0.25, 0.3) is 0 Å². The van der Waals surface area contributed by atoms with Crippen LogP contribution in [0.15, 0.2) is 51.8 Å². The normalized spacial score (nSPS) is 11.8. The minimum absolute atomic E-state index is 0.0959. The maximum Gasteiger partial charge on any atom is 0.245 e. The zero-order valence-corrected chi connectivity index (χ0v) is 13.7. The van der Waals surface area contributed by atoms with Crippen LogP contribution in [0.3, 0.4) is 0 Å². The van der Waals surface area contributed by atoms with Crippen LogP contribution in [0.2, 0.25) is 0 Å². The summed E-state index contributed by atoms with van der Waals surface area (Å²) in [6, 6.07) is 10.6. The fourth-order valence-electron chi connectivity index (χ4n) is 1.90. The molecule has 0 aliphatic carbocycles. The van der Waals surface area contributed by atoms with E-state index >= 15 is 0 Å². The Morgan fingerprint density at radius 1 is 1.24 bits per heavy atom. The van der Waals surface area contributed by atoms with Crippen molar-refractivity contribution in [3.05, 3.63) is 58.3 Å². The van der Waals surface area contributed by atoms with Gasteiger partial charge < -0.3 is 5.73 Å². The minimum atomic E-state index is -3.77. The second kappa shape index (κ2) is 6.13. The first-order valence-electron chi connectivity index (χ1n) is 6.06. The third-order valence-corrected chi connectivity index (χ3v) is 5.32. The third-order valence-electron chi connectivity index (χ3n) is 2.95. The van der Waals surface area contributed by atoms with Crippen LogP contribution in [0.5, 0.6) is 0 Å². The van der Waals surface area contributed by atoms with Crippen molar-refractivity contribution in [2.24, 2.45) is 0 Å². The number of anilines is 1. The van der Waals surface area contributed by atoms with Gasteiger partial charge in [0, 0.05) is 18.1 Å². The van der Waals surface area contributed by atoms with E-state index in [1.165, 1.54) is 17.4 Å². The molecule has 0 aliphatic heterocycles.